The monoisotopic (exact) mass is 392 g/mol. The summed E-state index contributed by atoms with van der Waals surface area (Å²) in [6.45, 7) is 4.40. The number of benzene rings is 2. The van der Waals surface area contributed by atoms with E-state index < -0.39 is 0 Å². The van der Waals surface area contributed by atoms with E-state index in [1.807, 2.05) is 6.92 Å². The molecular weight excluding hydrogens is 368 g/mol. The Balaban J connectivity index is 1.74. The molecule has 3 aromatic rings. The Morgan fingerprint density at radius 2 is 1.72 bits per heavy atom. The van der Waals surface area contributed by atoms with Gasteiger partial charge in [0.05, 0.1) is 19.9 Å². The fourth-order valence-electron chi connectivity index (χ4n) is 2.76. The van der Waals surface area contributed by atoms with Crippen LogP contribution in [0.25, 0.3) is 0 Å². The van der Waals surface area contributed by atoms with Crippen LogP contribution in [-0.2, 0) is 6.54 Å². The molecule has 0 aliphatic rings. The maximum Gasteiger partial charge on any atom is 0.274 e. The van der Waals surface area contributed by atoms with Gasteiger partial charge >= 0.3 is 0 Å². The highest BCUT2D eigenvalue weighted by atomic mass is 16.5. The lowest BCUT2D eigenvalue weighted by molar-refractivity contribution is 0.102. The van der Waals surface area contributed by atoms with E-state index in [1.54, 1.807) is 38.3 Å². The Morgan fingerprint density at radius 3 is 2.41 bits per heavy atom. The average molecular weight is 392 g/mol. The molecule has 0 bridgehead atoms. The van der Waals surface area contributed by atoms with Crippen LogP contribution in [0.5, 0.6) is 11.5 Å². The second kappa shape index (κ2) is 9.05. The number of aryl methyl sites for hydroxylation is 2. The van der Waals surface area contributed by atoms with Gasteiger partial charge in [-0.3, -0.25) is 4.79 Å². The Bertz CT molecular complexity index is 1000. The molecule has 0 saturated heterocycles. The molecule has 0 aliphatic heterocycles. The quantitative estimate of drug-likeness (QED) is 0.633. The zero-order chi connectivity index (χ0) is 20.8. The summed E-state index contributed by atoms with van der Waals surface area (Å²) in [7, 11) is 3.11. The van der Waals surface area contributed by atoms with Crippen LogP contribution in [0.15, 0.2) is 48.5 Å². The van der Waals surface area contributed by atoms with E-state index in [9.17, 15) is 4.79 Å². The van der Waals surface area contributed by atoms with Crippen LogP contribution in [0.1, 0.15) is 27.4 Å². The highest BCUT2D eigenvalue weighted by Crippen LogP contribution is 2.29. The molecule has 7 heteroatoms. The fourth-order valence-corrected chi connectivity index (χ4v) is 2.76. The number of rotatable bonds is 7. The molecule has 0 radical (unpaired) electrons. The van der Waals surface area contributed by atoms with Crippen LogP contribution in [0.4, 0.5) is 11.5 Å². The van der Waals surface area contributed by atoms with Crippen LogP contribution in [0.3, 0.4) is 0 Å². The standard InChI is InChI=1S/C22H24N4O3/c1-14-5-7-16(8-6-14)13-23-21-12-19(24-15(2)25-21)22(27)26-18-10-9-17(28-3)11-20(18)29-4/h5-12H,13H2,1-4H3,(H,26,27)(H,23,24,25). The van der Waals surface area contributed by atoms with Gasteiger partial charge in [-0.05, 0) is 31.5 Å². The van der Waals surface area contributed by atoms with E-state index in [-0.39, 0.29) is 11.6 Å². The minimum absolute atomic E-state index is 0.266. The summed E-state index contributed by atoms with van der Waals surface area (Å²) in [6, 6.07) is 15.0. The Morgan fingerprint density at radius 1 is 0.966 bits per heavy atom. The van der Waals surface area contributed by atoms with Crippen molar-refractivity contribution in [2.75, 3.05) is 24.9 Å². The number of carbonyl (C=O) groups is 1. The molecule has 1 amide bonds. The first kappa shape index (κ1) is 20.1. The molecule has 0 saturated carbocycles. The van der Waals surface area contributed by atoms with Gasteiger partial charge in [0.1, 0.15) is 28.8 Å². The van der Waals surface area contributed by atoms with Gasteiger partial charge in [-0.25, -0.2) is 9.97 Å². The van der Waals surface area contributed by atoms with E-state index in [1.165, 1.54) is 12.7 Å². The van der Waals surface area contributed by atoms with Crippen molar-refractivity contribution in [3.05, 3.63) is 71.2 Å². The number of carbonyl (C=O) groups excluding carboxylic acids is 1. The van der Waals surface area contributed by atoms with Gasteiger partial charge in [0.25, 0.3) is 5.91 Å². The predicted molar refractivity (Wildman–Crippen MR) is 113 cm³/mol. The Hall–Kier alpha value is -3.61. The summed E-state index contributed by atoms with van der Waals surface area (Å²) in [5.41, 5.74) is 3.13. The van der Waals surface area contributed by atoms with Crippen LogP contribution in [0.2, 0.25) is 0 Å². The highest BCUT2D eigenvalue weighted by molar-refractivity contribution is 6.04. The third kappa shape index (κ3) is 5.22. The van der Waals surface area contributed by atoms with Gasteiger partial charge < -0.3 is 20.1 Å². The van der Waals surface area contributed by atoms with Gasteiger partial charge in [-0.2, -0.15) is 0 Å². The second-order valence-electron chi connectivity index (χ2n) is 6.55. The number of anilines is 2. The summed E-state index contributed by atoms with van der Waals surface area (Å²) in [5, 5.41) is 6.07. The molecule has 7 nitrogen and oxygen atoms in total. The minimum atomic E-state index is -0.350. The molecule has 150 valence electrons. The lowest BCUT2D eigenvalue weighted by Crippen LogP contribution is -2.16. The van der Waals surface area contributed by atoms with Crippen LogP contribution >= 0.6 is 0 Å². The molecule has 1 aromatic heterocycles. The van der Waals surface area contributed by atoms with E-state index >= 15 is 0 Å². The third-order valence-electron chi connectivity index (χ3n) is 4.32. The number of methoxy groups -OCH3 is 2. The first-order valence-corrected chi connectivity index (χ1v) is 9.17. The number of nitrogens with zero attached hydrogens (tertiary/aromatic N) is 2. The van der Waals surface area contributed by atoms with Crippen molar-refractivity contribution < 1.29 is 14.3 Å². The van der Waals surface area contributed by atoms with Crippen molar-refractivity contribution in [3.8, 4) is 11.5 Å². The number of amides is 1. The van der Waals surface area contributed by atoms with Crippen molar-refractivity contribution in [2.24, 2.45) is 0 Å². The molecule has 0 fully saturated rings. The molecule has 29 heavy (non-hydrogen) atoms. The highest BCUT2D eigenvalue weighted by Gasteiger charge is 2.14. The molecule has 1 heterocycles. The van der Waals surface area contributed by atoms with Crippen molar-refractivity contribution in [2.45, 2.75) is 20.4 Å². The number of hydrogen-bond donors (Lipinski definition) is 2. The number of nitrogens with one attached hydrogen (secondary N) is 2. The maximum absolute atomic E-state index is 12.7. The SMILES string of the molecule is COc1ccc(NC(=O)c2cc(NCc3ccc(C)cc3)nc(C)n2)c(OC)c1. The summed E-state index contributed by atoms with van der Waals surface area (Å²) in [4.78, 5) is 21.4. The smallest absolute Gasteiger partial charge is 0.274 e. The van der Waals surface area contributed by atoms with Gasteiger partial charge in [-0.15, -0.1) is 0 Å². The van der Waals surface area contributed by atoms with Crippen LogP contribution in [-0.4, -0.2) is 30.1 Å². The van der Waals surface area contributed by atoms with Gasteiger partial charge in [0, 0.05) is 18.7 Å². The molecule has 0 spiro atoms. The second-order valence-corrected chi connectivity index (χ2v) is 6.55. The largest absolute Gasteiger partial charge is 0.497 e. The summed E-state index contributed by atoms with van der Waals surface area (Å²) in [6.07, 6.45) is 0. The molecule has 2 aromatic carbocycles. The summed E-state index contributed by atoms with van der Waals surface area (Å²) in [5.74, 6) is 1.88. The zero-order valence-corrected chi connectivity index (χ0v) is 16.9. The number of ether oxygens (including phenoxy) is 2. The van der Waals surface area contributed by atoms with E-state index in [0.29, 0.717) is 35.4 Å². The third-order valence-corrected chi connectivity index (χ3v) is 4.32. The predicted octanol–water partition coefficient (Wildman–Crippen LogP) is 3.98. The number of hydrogen-bond acceptors (Lipinski definition) is 6. The lowest BCUT2D eigenvalue weighted by Gasteiger charge is -2.12. The molecule has 3 rings (SSSR count). The van der Waals surface area contributed by atoms with Crippen LogP contribution in [0, 0.1) is 13.8 Å². The zero-order valence-electron chi connectivity index (χ0n) is 16.9. The molecule has 0 unspecified atom stereocenters. The first-order valence-electron chi connectivity index (χ1n) is 9.17. The van der Waals surface area contributed by atoms with E-state index in [4.69, 9.17) is 9.47 Å². The van der Waals surface area contributed by atoms with Gasteiger partial charge in [0.15, 0.2) is 0 Å². The Kier molecular flexibility index (Phi) is 6.29. The van der Waals surface area contributed by atoms with E-state index in [2.05, 4.69) is 44.9 Å². The minimum Gasteiger partial charge on any atom is -0.497 e. The normalized spacial score (nSPS) is 10.3. The Labute approximate surface area is 170 Å². The summed E-state index contributed by atoms with van der Waals surface area (Å²) >= 11 is 0. The fraction of sp³-hybridized carbons (Fsp3) is 0.227. The van der Waals surface area contributed by atoms with Crippen molar-refractivity contribution in [1.82, 2.24) is 9.97 Å². The maximum atomic E-state index is 12.7. The summed E-state index contributed by atoms with van der Waals surface area (Å²) < 4.78 is 10.5. The van der Waals surface area contributed by atoms with E-state index in [0.717, 1.165) is 5.56 Å². The topological polar surface area (TPSA) is 85.4 Å². The van der Waals surface area contributed by atoms with Gasteiger partial charge in [-0.1, -0.05) is 29.8 Å². The lowest BCUT2D eigenvalue weighted by atomic mass is 10.1. The van der Waals surface area contributed by atoms with Crippen molar-refractivity contribution >= 4 is 17.4 Å². The molecule has 0 aliphatic carbocycles. The van der Waals surface area contributed by atoms with Crippen LogP contribution < -0.4 is 20.1 Å². The van der Waals surface area contributed by atoms with Crippen molar-refractivity contribution in [3.63, 3.8) is 0 Å². The number of aromatic nitrogens is 2. The average Bonchev–Trinajstić information content (AvgIpc) is 2.73. The molecule has 2 N–H and O–H groups in total. The van der Waals surface area contributed by atoms with Gasteiger partial charge in [0.2, 0.25) is 0 Å². The first-order chi connectivity index (χ1) is 14.0. The molecule has 0 atom stereocenters. The van der Waals surface area contributed by atoms with Crippen molar-refractivity contribution in [1.29, 1.82) is 0 Å². The molecular formula is C22H24N4O3.